The van der Waals surface area contributed by atoms with Crippen LogP contribution in [0.4, 0.5) is 5.00 Å². The summed E-state index contributed by atoms with van der Waals surface area (Å²) in [5.41, 5.74) is 8.51. The van der Waals surface area contributed by atoms with Crippen molar-refractivity contribution in [1.82, 2.24) is 0 Å². The Morgan fingerprint density at radius 1 is 1.00 bits per heavy atom. The molecular formula is C24H30N2O3S. The lowest BCUT2D eigenvalue weighted by Gasteiger charge is -2.22. The zero-order chi connectivity index (χ0) is 20.9. The molecule has 1 aromatic heterocycles. The highest BCUT2D eigenvalue weighted by molar-refractivity contribution is 7.17. The number of anilines is 1. The Kier molecular flexibility index (Phi) is 6.72. The van der Waals surface area contributed by atoms with Gasteiger partial charge in [-0.15, -0.1) is 11.3 Å². The molecule has 160 valence electrons. The Labute approximate surface area is 182 Å². The van der Waals surface area contributed by atoms with Gasteiger partial charge in [-0.3, -0.25) is 9.59 Å². The van der Waals surface area contributed by atoms with Crippen LogP contribution in [-0.4, -0.2) is 18.4 Å². The largest absolute Gasteiger partial charge is 0.484 e. The van der Waals surface area contributed by atoms with Crippen LogP contribution in [0.1, 0.15) is 83.6 Å². The molecule has 0 aliphatic heterocycles. The standard InChI is InChI=1S/C24H30N2O3S/c25-23(28)22-19-9-5-2-6-10-20(19)30-24(22)26-21(27)15-29-18-13-11-17(12-14-18)16-7-3-1-4-8-16/h11-14,16H,1-10,15H2,(H2,25,28)(H,26,27). The number of hydrogen-bond acceptors (Lipinski definition) is 4. The van der Waals surface area contributed by atoms with Crippen molar-refractivity contribution in [3.63, 3.8) is 0 Å². The van der Waals surface area contributed by atoms with Crippen molar-refractivity contribution in [2.45, 2.75) is 70.1 Å². The van der Waals surface area contributed by atoms with Gasteiger partial charge in [-0.2, -0.15) is 0 Å². The first kappa shape index (κ1) is 20.9. The number of nitrogens with one attached hydrogen (secondary N) is 1. The maximum atomic E-state index is 12.5. The molecule has 1 heterocycles. The van der Waals surface area contributed by atoms with Gasteiger partial charge in [0.1, 0.15) is 10.8 Å². The Balaban J connectivity index is 1.36. The second-order valence-corrected chi connectivity index (χ2v) is 9.48. The summed E-state index contributed by atoms with van der Waals surface area (Å²) in [7, 11) is 0. The molecule has 2 aromatic rings. The van der Waals surface area contributed by atoms with E-state index in [1.54, 1.807) is 0 Å². The molecular weight excluding hydrogens is 396 g/mol. The Hall–Kier alpha value is -2.34. The molecule has 1 aromatic carbocycles. The van der Waals surface area contributed by atoms with Gasteiger partial charge in [0.15, 0.2) is 6.61 Å². The fraction of sp³-hybridized carbons (Fsp3) is 0.500. The molecule has 3 N–H and O–H groups in total. The second kappa shape index (κ2) is 9.65. The third-order valence-electron chi connectivity index (χ3n) is 6.25. The second-order valence-electron chi connectivity index (χ2n) is 8.37. The van der Waals surface area contributed by atoms with Crippen LogP contribution < -0.4 is 15.8 Å². The summed E-state index contributed by atoms with van der Waals surface area (Å²) in [4.78, 5) is 25.7. The average molecular weight is 427 g/mol. The SMILES string of the molecule is NC(=O)c1c(NC(=O)COc2ccc(C3CCCCC3)cc2)sc2c1CCCCC2. The number of primary amides is 1. The van der Waals surface area contributed by atoms with E-state index in [-0.39, 0.29) is 12.5 Å². The summed E-state index contributed by atoms with van der Waals surface area (Å²) in [5, 5.41) is 3.42. The molecule has 0 spiro atoms. The molecule has 2 amide bonds. The number of fused-ring (bicyclic) bond motifs is 1. The molecule has 4 rings (SSSR count). The van der Waals surface area contributed by atoms with Crippen LogP contribution in [-0.2, 0) is 17.6 Å². The van der Waals surface area contributed by atoms with E-state index in [1.807, 2.05) is 12.1 Å². The van der Waals surface area contributed by atoms with E-state index in [4.69, 9.17) is 10.5 Å². The molecule has 6 heteroatoms. The smallest absolute Gasteiger partial charge is 0.262 e. The highest BCUT2D eigenvalue weighted by atomic mass is 32.1. The van der Waals surface area contributed by atoms with Gasteiger partial charge < -0.3 is 15.8 Å². The highest BCUT2D eigenvalue weighted by Crippen LogP contribution is 2.37. The Morgan fingerprint density at radius 3 is 2.43 bits per heavy atom. The van der Waals surface area contributed by atoms with Gasteiger partial charge in [0.2, 0.25) is 0 Å². The molecule has 5 nitrogen and oxygen atoms in total. The number of benzene rings is 1. The van der Waals surface area contributed by atoms with Gasteiger partial charge in [-0.05, 0) is 67.7 Å². The van der Waals surface area contributed by atoms with Crippen LogP contribution in [0.15, 0.2) is 24.3 Å². The molecule has 30 heavy (non-hydrogen) atoms. The maximum Gasteiger partial charge on any atom is 0.262 e. The highest BCUT2D eigenvalue weighted by Gasteiger charge is 2.24. The van der Waals surface area contributed by atoms with Gasteiger partial charge in [-0.25, -0.2) is 0 Å². The van der Waals surface area contributed by atoms with Crippen molar-refractivity contribution in [1.29, 1.82) is 0 Å². The summed E-state index contributed by atoms with van der Waals surface area (Å²) in [6, 6.07) is 8.12. The zero-order valence-corrected chi connectivity index (χ0v) is 18.2. The van der Waals surface area contributed by atoms with Crippen molar-refractivity contribution >= 4 is 28.2 Å². The summed E-state index contributed by atoms with van der Waals surface area (Å²) >= 11 is 1.48. The monoisotopic (exact) mass is 426 g/mol. The number of aryl methyl sites for hydroxylation is 1. The lowest BCUT2D eigenvalue weighted by Crippen LogP contribution is -2.22. The van der Waals surface area contributed by atoms with Crippen molar-refractivity contribution in [3.8, 4) is 5.75 Å². The fourth-order valence-electron chi connectivity index (χ4n) is 4.68. The molecule has 0 saturated heterocycles. The van der Waals surface area contributed by atoms with E-state index in [1.165, 1.54) is 53.9 Å². The number of nitrogens with two attached hydrogens (primary N) is 1. The third kappa shape index (κ3) is 4.86. The van der Waals surface area contributed by atoms with Crippen LogP contribution in [0.5, 0.6) is 5.75 Å². The van der Waals surface area contributed by atoms with Crippen molar-refractivity contribution in [2.24, 2.45) is 5.73 Å². The molecule has 0 radical (unpaired) electrons. The van der Waals surface area contributed by atoms with Crippen LogP contribution in [0, 0.1) is 0 Å². The van der Waals surface area contributed by atoms with Crippen LogP contribution in [0.2, 0.25) is 0 Å². The quantitative estimate of drug-likeness (QED) is 0.624. The van der Waals surface area contributed by atoms with E-state index in [2.05, 4.69) is 17.4 Å². The minimum Gasteiger partial charge on any atom is -0.484 e. The van der Waals surface area contributed by atoms with Gasteiger partial charge in [0.05, 0.1) is 5.56 Å². The average Bonchev–Trinajstić information content (AvgIpc) is 2.94. The van der Waals surface area contributed by atoms with Crippen molar-refractivity contribution in [3.05, 3.63) is 45.8 Å². The molecule has 0 bridgehead atoms. The predicted molar refractivity (Wildman–Crippen MR) is 120 cm³/mol. The molecule has 2 aliphatic rings. The number of ether oxygens (including phenoxy) is 1. The van der Waals surface area contributed by atoms with Gasteiger partial charge in [0.25, 0.3) is 11.8 Å². The summed E-state index contributed by atoms with van der Waals surface area (Å²) in [6.07, 6.45) is 11.6. The molecule has 0 unspecified atom stereocenters. The van der Waals surface area contributed by atoms with Crippen molar-refractivity contribution < 1.29 is 14.3 Å². The van der Waals surface area contributed by atoms with E-state index < -0.39 is 5.91 Å². The normalized spacial score (nSPS) is 17.1. The number of carbonyl (C=O) groups is 2. The molecule has 1 saturated carbocycles. The van der Waals surface area contributed by atoms with E-state index in [9.17, 15) is 9.59 Å². The lowest BCUT2D eigenvalue weighted by molar-refractivity contribution is -0.118. The Morgan fingerprint density at radius 2 is 1.70 bits per heavy atom. The maximum absolute atomic E-state index is 12.5. The first-order chi connectivity index (χ1) is 14.6. The first-order valence-corrected chi connectivity index (χ1v) is 11.9. The number of amides is 2. The number of hydrogen-bond donors (Lipinski definition) is 2. The molecule has 1 fully saturated rings. The van der Waals surface area contributed by atoms with E-state index in [0.29, 0.717) is 22.2 Å². The minimum atomic E-state index is -0.469. The summed E-state index contributed by atoms with van der Waals surface area (Å²) in [5.74, 6) is 0.591. The summed E-state index contributed by atoms with van der Waals surface area (Å²) < 4.78 is 5.68. The first-order valence-electron chi connectivity index (χ1n) is 11.1. The Bertz CT molecular complexity index is 898. The summed E-state index contributed by atoms with van der Waals surface area (Å²) in [6.45, 7) is -0.0937. The van der Waals surface area contributed by atoms with E-state index in [0.717, 1.165) is 37.7 Å². The van der Waals surface area contributed by atoms with Crippen molar-refractivity contribution in [2.75, 3.05) is 11.9 Å². The number of carbonyl (C=O) groups excluding carboxylic acids is 2. The third-order valence-corrected chi connectivity index (χ3v) is 7.45. The number of thiophene rings is 1. The molecule has 2 aliphatic carbocycles. The van der Waals surface area contributed by atoms with Gasteiger partial charge >= 0.3 is 0 Å². The number of rotatable bonds is 6. The minimum absolute atomic E-state index is 0.0937. The topological polar surface area (TPSA) is 81.4 Å². The fourth-order valence-corrected chi connectivity index (χ4v) is 5.99. The zero-order valence-electron chi connectivity index (χ0n) is 17.4. The predicted octanol–water partition coefficient (Wildman–Crippen LogP) is 5.18. The lowest BCUT2D eigenvalue weighted by atomic mass is 9.84. The van der Waals surface area contributed by atoms with Crippen LogP contribution in [0.3, 0.4) is 0 Å². The van der Waals surface area contributed by atoms with Gasteiger partial charge in [-0.1, -0.05) is 37.8 Å². The van der Waals surface area contributed by atoms with Crippen LogP contribution >= 0.6 is 11.3 Å². The van der Waals surface area contributed by atoms with Crippen LogP contribution in [0.25, 0.3) is 0 Å². The van der Waals surface area contributed by atoms with E-state index >= 15 is 0 Å². The van der Waals surface area contributed by atoms with Gasteiger partial charge in [0, 0.05) is 4.88 Å². The molecule has 0 atom stereocenters.